The van der Waals surface area contributed by atoms with Crippen LogP contribution >= 0.6 is 0 Å². The van der Waals surface area contributed by atoms with Gasteiger partial charge >= 0.3 is 0 Å². The molecule has 1 saturated carbocycles. The van der Waals surface area contributed by atoms with Gasteiger partial charge in [0, 0.05) is 61.0 Å². The number of aromatic nitrogens is 2. The van der Waals surface area contributed by atoms with E-state index in [2.05, 4.69) is 20.6 Å². The maximum Gasteiger partial charge on any atom is 0.261 e. The SMILES string of the molecule is COc1cc2c(Oc3c(F)cc(NC(=O)c4cnccc4OC4CC4)cc3F)ccnc2cc1OC1CNC1. The molecule has 11 heteroatoms. The molecule has 1 amide bonds. The van der Waals surface area contributed by atoms with E-state index < -0.39 is 23.3 Å². The minimum absolute atomic E-state index is 0.0217. The van der Waals surface area contributed by atoms with E-state index in [9.17, 15) is 4.79 Å². The second-order valence-electron chi connectivity index (χ2n) is 9.24. The van der Waals surface area contributed by atoms with Crippen molar-refractivity contribution in [1.82, 2.24) is 15.3 Å². The lowest BCUT2D eigenvalue weighted by Crippen LogP contribution is -2.50. The summed E-state index contributed by atoms with van der Waals surface area (Å²) in [6.07, 6.45) is 6.24. The Morgan fingerprint density at radius 1 is 0.949 bits per heavy atom. The minimum Gasteiger partial charge on any atom is -0.493 e. The number of methoxy groups -OCH3 is 1. The number of ether oxygens (including phenoxy) is 4. The van der Waals surface area contributed by atoms with Crippen molar-refractivity contribution in [1.29, 1.82) is 0 Å². The van der Waals surface area contributed by atoms with Crippen molar-refractivity contribution < 1.29 is 32.5 Å². The summed E-state index contributed by atoms with van der Waals surface area (Å²) in [5.74, 6) is -1.75. The van der Waals surface area contributed by atoms with Crippen molar-refractivity contribution in [3.05, 3.63) is 72.2 Å². The minimum atomic E-state index is -1.000. The van der Waals surface area contributed by atoms with Crippen LogP contribution in [0, 0.1) is 11.6 Å². The summed E-state index contributed by atoms with van der Waals surface area (Å²) in [5.41, 5.74) is 0.581. The Kier molecular flexibility index (Phi) is 6.57. The molecule has 3 heterocycles. The molecule has 2 aromatic heterocycles. The van der Waals surface area contributed by atoms with E-state index in [-0.39, 0.29) is 29.2 Å². The smallest absolute Gasteiger partial charge is 0.261 e. The van der Waals surface area contributed by atoms with E-state index in [4.69, 9.17) is 18.9 Å². The number of hydrogen-bond donors (Lipinski definition) is 2. The molecule has 2 aliphatic rings. The van der Waals surface area contributed by atoms with E-state index in [1.54, 1.807) is 18.2 Å². The first-order valence-corrected chi connectivity index (χ1v) is 12.4. The van der Waals surface area contributed by atoms with Gasteiger partial charge in [0.15, 0.2) is 28.9 Å². The summed E-state index contributed by atoms with van der Waals surface area (Å²) in [6.45, 7) is 1.45. The fraction of sp³-hybridized carbons (Fsp3) is 0.250. The van der Waals surface area contributed by atoms with Gasteiger partial charge in [-0.1, -0.05) is 0 Å². The first kappa shape index (κ1) is 24.8. The molecule has 1 aliphatic heterocycles. The maximum absolute atomic E-state index is 15.1. The number of anilines is 1. The topological polar surface area (TPSA) is 104 Å². The zero-order chi connectivity index (χ0) is 26.9. The summed E-state index contributed by atoms with van der Waals surface area (Å²) < 4.78 is 53.0. The lowest BCUT2D eigenvalue weighted by molar-refractivity contribution is 0.102. The van der Waals surface area contributed by atoms with E-state index in [0.717, 1.165) is 38.1 Å². The van der Waals surface area contributed by atoms with Crippen LogP contribution in [-0.4, -0.2) is 48.3 Å². The molecule has 9 nitrogen and oxygen atoms in total. The highest BCUT2D eigenvalue weighted by Crippen LogP contribution is 2.39. The van der Waals surface area contributed by atoms with Crippen molar-refractivity contribution in [2.24, 2.45) is 0 Å². The molecular weight excluding hydrogens is 510 g/mol. The van der Waals surface area contributed by atoms with E-state index in [1.807, 2.05) is 0 Å². The highest BCUT2D eigenvalue weighted by atomic mass is 19.1. The second kappa shape index (κ2) is 10.3. The number of carbonyl (C=O) groups is 1. The molecule has 4 aromatic rings. The van der Waals surface area contributed by atoms with Crippen LogP contribution in [0.2, 0.25) is 0 Å². The molecular formula is C28H24F2N4O5. The fourth-order valence-electron chi connectivity index (χ4n) is 4.05. The molecule has 0 atom stereocenters. The quantitative estimate of drug-likeness (QED) is 0.314. The Balaban J connectivity index is 1.24. The first-order chi connectivity index (χ1) is 19.0. The zero-order valence-electron chi connectivity index (χ0n) is 20.9. The van der Waals surface area contributed by atoms with Gasteiger partial charge in [-0.05, 0) is 31.0 Å². The number of benzene rings is 2. The van der Waals surface area contributed by atoms with Gasteiger partial charge in [-0.2, -0.15) is 0 Å². The monoisotopic (exact) mass is 534 g/mol. The van der Waals surface area contributed by atoms with E-state index in [1.165, 1.54) is 31.8 Å². The van der Waals surface area contributed by atoms with Crippen LogP contribution < -0.4 is 29.6 Å². The highest BCUT2D eigenvalue weighted by molar-refractivity contribution is 6.06. The number of nitrogens with one attached hydrogen (secondary N) is 2. The number of pyridine rings is 2. The number of rotatable bonds is 9. The third kappa shape index (κ3) is 5.26. The molecule has 2 N–H and O–H groups in total. The number of carbonyl (C=O) groups excluding carboxylic acids is 1. The van der Waals surface area contributed by atoms with Crippen molar-refractivity contribution >= 4 is 22.5 Å². The van der Waals surface area contributed by atoms with Gasteiger partial charge in [0.25, 0.3) is 5.91 Å². The van der Waals surface area contributed by atoms with Crippen molar-refractivity contribution in [2.75, 3.05) is 25.5 Å². The summed E-state index contributed by atoms with van der Waals surface area (Å²) in [7, 11) is 1.50. The third-order valence-electron chi connectivity index (χ3n) is 6.34. The van der Waals surface area contributed by atoms with Gasteiger partial charge in [-0.25, -0.2) is 8.78 Å². The van der Waals surface area contributed by atoms with Crippen molar-refractivity contribution in [3.63, 3.8) is 0 Å². The maximum atomic E-state index is 15.1. The highest BCUT2D eigenvalue weighted by Gasteiger charge is 2.26. The number of amides is 1. The fourth-order valence-corrected chi connectivity index (χ4v) is 4.05. The lowest BCUT2D eigenvalue weighted by Gasteiger charge is -2.28. The Morgan fingerprint density at radius 3 is 2.38 bits per heavy atom. The molecule has 0 bridgehead atoms. The van der Waals surface area contributed by atoms with Crippen molar-refractivity contribution in [2.45, 2.75) is 25.0 Å². The molecule has 0 unspecified atom stereocenters. The normalized spacial score (nSPS) is 14.9. The number of nitrogens with zero attached hydrogens (tertiary/aromatic N) is 2. The summed E-state index contributed by atoms with van der Waals surface area (Å²) in [4.78, 5) is 21.1. The number of fused-ring (bicyclic) bond motifs is 1. The van der Waals surface area contributed by atoms with Gasteiger partial charge in [0.05, 0.1) is 24.3 Å². The van der Waals surface area contributed by atoms with Crippen LogP contribution in [0.15, 0.2) is 55.0 Å². The Hall–Kier alpha value is -4.51. The van der Waals surface area contributed by atoms with Crippen LogP contribution in [0.4, 0.5) is 14.5 Å². The molecule has 2 aromatic carbocycles. The standard InChI is InChI=1S/C28H24F2N4O5/c1-36-25-10-18-22(11-26(25)38-17-12-32-13-17)33-7-5-23(18)39-27-20(29)8-15(9-21(27)30)34-28(35)19-14-31-6-4-24(19)37-16-2-3-16/h4-11,14,16-17,32H,2-3,12-13H2,1H3,(H,34,35). The largest absolute Gasteiger partial charge is 0.493 e. The average molecular weight is 535 g/mol. The average Bonchev–Trinajstić information content (AvgIpc) is 3.72. The number of hydrogen-bond acceptors (Lipinski definition) is 8. The predicted octanol–water partition coefficient (Wildman–Crippen LogP) is 4.85. The number of halogens is 2. The van der Waals surface area contributed by atoms with Crippen LogP contribution in [0.25, 0.3) is 10.9 Å². The van der Waals surface area contributed by atoms with E-state index in [0.29, 0.717) is 28.2 Å². The zero-order valence-corrected chi connectivity index (χ0v) is 20.9. The summed E-state index contributed by atoms with van der Waals surface area (Å²) in [6, 6.07) is 8.39. The van der Waals surface area contributed by atoms with Crippen LogP contribution in [-0.2, 0) is 0 Å². The second-order valence-corrected chi connectivity index (χ2v) is 9.24. The molecule has 0 radical (unpaired) electrons. The van der Waals surface area contributed by atoms with Gasteiger partial charge < -0.3 is 29.6 Å². The molecule has 1 saturated heterocycles. The summed E-state index contributed by atoms with van der Waals surface area (Å²) >= 11 is 0. The Morgan fingerprint density at radius 2 is 1.69 bits per heavy atom. The first-order valence-electron chi connectivity index (χ1n) is 12.4. The van der Waals surface area contributed by atoms with E-state index >= 15 is 8.78 Å². The van der Waals surface area contributed by atoms with Gasteiger partial charge in [-0.15, -0.1) is 0 Å². The van der Waals surface area contributed by atoms with Crippen LogP contribution in [0.5, 0.6) is 28.7 Å². The Labute approximate surface area is 222 Å². The third-order valence-corrected chi connectivity index (χ3v) is 6.34. The molecule has 1 aliphatic carbocycles. The predicted molar refractivity (Wildman–Crippen MR) is 138 cm³/mol. The van der Waals surface area contributed by atoms with Crippen LogP contribution in [0.1, 0.15) is 23.2 Å². The van der Waals surface area contributed by atoms with Crippen LogP contribution in [0.3, 0.4) is 0 Å². The molecule has 200 valence electrons. The molecule has 0 spiro atoms. The lowest BCUT2D eigenvalue weighted by atomic mass is 10.1. The van der Waals surface area contributed by atoms with Gasteiger partial charge in [0.1, 0.15) is 17.6 Å². The van der Waals surface area contributed by atoms with Crippen molar-refractivity contribution in [3.8, 4) is 28.7 Å². The van der Waals surface area contributed by atoms with Gasteiger partial charge in [-0.3, -0.25) is 14.8 Å². The Bertz CT molecular complexity index is 1540. The summed E-state index contributed by atoms with van der Waals surface area (Å²) in [5, 5.41) is 6.11. The van der Waals surface area contributed by atoms with Gasteiger partial charge in [0.2, 0.25) is 0 Å². The molecule has 6 rings (SSSR count). The molecule has 39 heavy (non-hydrogen) atoms. The molecule has 2 fully saturated rings.